The molecule has 1 atom stereocenters. The van der Waals surface area contributed by atoms with Gasteiger partial charge in [-0.2, -0.15) is 0 Å². The molecule has 1 amide bonds. The Kier molecular flexibility index (Phi) is 3.72. The Labute approximate surface area is 154 Å². The molecule has 2 aromatic rings. The van der Waals surface area contributed by atoms with Crippen molar-refractivity contribution in [3.05, 3.63) is 40.1 Å². The molecule has 3 aliphatic heterocycles. The predicted octanol–water partition coefficient (Wildman–Crippen LogP) is 2.84. The molecule has 6 nitrogen and oxygen atoms in total. The number of carbonyl (C=O) groups excluding carboxylic acids is 2. The molecule has 0 spiro atoms. The first-order valence-corrected chi connectivity index (χ1v) is 9.67. The lowest BCUT2D eigenvalue weighted by Gasteiger charge is -2.29. The summed E-state index contributed by atoms with van der Waals surface area (Å²) in [4.78, 5) is 30.3. The summed E-state index contributed by atoms with van der Waals surface area (Å²) in [5, 5.41) is 2.08. The highest BCUT2D eigenvalue weighted by Gasteiger charge is 2.40. The number of thiophene rings is 1. The van der Waals surface area contributed by atoms with Crippen molar-refractivity contribution in [3.63, 3.8) is 0 Å². The molecule has 0 saturated carbocycles. The topological polar surface area (TPSA) is 59.1 Å². The van der Waals surface area contributed by atoms with Crippen molar-refractivity contribution < 1.29 is 19.1 Å². The molecular weight excluding hydrogens is 352 g/mol. The van der Waals surface area contributed by atoms with Crippen LogP contribution >= 0.6 is 11.3 Å². The third kappa shape index (κ3) is 2.42. The predicted molar refractivity (Wildman–Crippen MR) is 97.1 cm³/mol. The van der Waals surface area contributed by atoms with E-state index in [1.807, 2.05) is 0 Å². The first-order valence-electron chi connectivity index (χ1n) is 8.79. The van der Waals surface area contributed by atoms with Crippen LogP contribution in [0.25, 0.3) is 0 Å². The van der Waals surface area contributed by atoms with Crippen molar-refractivity contribution in [3.8, 4) is 11.5 Å². The minimum absolute atomic E-state index is 0.305. The Morgan fingerprint density at radius 1 is 1.15 bits per heavy atom. The monoisotopic (exact) mass is 370 g/mol. The number of anilines is 1. The molecule has 1 aromatic heterocycles. The second kappa shape index (κ2) is 6.10. The van der Waals surface area contributed by atoms with Crippen molar-refractivity contribution in [2.45, 2.75) is 18.9 Å². The zero-order chi connectivity index (χ0) is 17.7. The zero-order valence-electron chi connectivity index (χ0n) is 14.1. The zero-order valence-corrected chi connectivity index (χ0v) is 15.0. The Morgan fingerprint density at radius 3 is 2.73 bits per heavy atom. The van der Waals surface area contributed by atoms with Gasteiger partial charge in [-0.25, -0.2) is 0 Å². The molecule has 1 fully saturated rings. The van der Waals surface area contributed by atoms with E-state index < -0.39 is 11.7 Å². The number of amides is 1. The molecule has 1 saturated heterocycles. The van der Waals surface area contributed by atoms with Crippen molar-refractivity contribution in [2.75, 3.05) is 31.3 Å². The quantitative estimate of drug-likeness (QED) is 0.778. The molecule has 0 radical (unpaired) electrons. The average Bonchev–Trinajstić information content (AvgIpc) is 3.38. The fraction of sp³-hybridized carbons (Fsp3) is 0.368. The van der Waals surface area contributed by atoms with Gasteiger partial charge in [0.05, 0.1) is 17.9 Å². The van der Waals surface area contributed by atoms with Gasteiger partial charge in [-0.3, -0.25) is 19.4 Å². The lowest BCUT2D eigenvalue weighted by atomic mass is 10.1. The van der Waals surface area contributed by atoms with Crippen LogP contribution in [0.3, 0.4) is 0 Å². The van der Waals surface area contributed by atoms with Gasteiger partial charge in [-0.1, -0.05) is 6.07 Å². The first-order chi connectivity index (χ1) is 12.7. The number of ketones is 1. The van der Waals surface area contributed by atoms with E-state index in [-0.39, 0.29) is 0 Å². The van der Waals surface area contributed by atoms with E-state index in [0.29, 0.717) is 48.7 Å². The van der Waals surface area contributed by atoms with Gasteiger partial charge >= 0.3 is 5.91 Å². The minimum Gasteiger partial charge on any atom is -0.486 e. The summed E-state index contributed by atoms with van der Waals surface area (Å²) in [6.07, 6.45) is 2.16. The number of hydrogen-bond acceptors (Lipinski definition) is 6. The Morgan fingerprint density at radius 2 is 1.96 bits per heavy atom. The maximum Gasteiger partial charge on any atom is 0.300 e. The number of Topliss-reactive ketones (excluding diaryl/α,β-unsaturated/α-hetero) is 1. The standard InChI is InChI=1S/C19H18N2O4S/c22-18-12-9-15-16(25-7-6-24-15)10-14(12)21(19(18)23)11-20-5-1-3-13(20)17-4-2-8-26-17/h2,4,8-10,13H,1,3,5-7,11H2/t13-/m0/s1. The van der Waals surface area contributed by atoms with E-state index in [1.165, 1.54) is 4.88 Å². The molecule has 7 heteroatoms. The molecule has 1 aromatic carbocycles. The molecule has 26 heavy (non-hydrogen) atoms. The number of nitrogens with zero attached hydrogens (tertiary/aromatic N) is 2. The molecule has 3 aliphatic rings. The van der Waals surface area contributed by atoms with Crippen molar-refractivity contribution in [1.29, 1.82) is 0 Å². The van der Waals surface area contributed by atoms with E-state index in [0.717, 1.165) is 19.4 Å². The maximum atomic E-state index is 12.6. The smallest absolute Gasteiger partial charge is 0.300 e. The van der Waals surface area contributed by atoms with Crippen LogP contribution in [-0.4, -0.2) is 43.0 Å². The normalized spacial score (nSPS) is 22.2. The second-order valence-electron chi connectivity index (χ2n) is 6.70. The van der Waals surface area contributed by atoms with Crippen LogP contribution in [0, 0.1) is 0 Å². The van der Waals surface area contributed by atoms with Crippen LogP contribution in [0.4, 0.5) is 5.69 Å². The lowest BCUT2D eigenvalue weighted by Crippen LogP contribution is -2.40. The highest BCUT2D eigenvalue weighted by Crippen LogP contribution is 2.42. The van der Waals surface area contributed by atoms with Gasteiger partial charge in [0.1, 0.15) is 13.2 Å². The molecule has 4 heterocycles. The fourth-order valence-electron chi connectivity index (χ4n) is 3.95. The summed E-state index contributed by atoms with van der Waals surface area (Å²) in [5.41, 5.74) is 1.03. The Hall–Kier alpha value is -2.38. The summed E-state index contributed by atoms with van der Waals surface area (Å²) in [7, 11) is 0. The van der Waals surface area contributed by atoms with Crippen molar-refractivity contribution in [1.82, 2.24) is 4.90 Å². The van der Waals surface area contributed by atoms with E-state index in [4.69, 9.17) is 9.47 Å². The molecule has 0 N–H and O–H groups in total. The number of hydrogen-bond donors (Lipinski definition) is 0. The lowest BCUT2D eigenvalue weighted by molar-refractivity contribution is -0.114. The van der Waals surface area contributed by atoms with Gasteiger partial charge in [0.2, 0.25) is 0 Å². The largest absolute Gasteiger partial charge is 0.486 e. The van der Waals surface area contributed by atoms with Crippen molar-refractivity contribution in [2.24, 2.45) is 0 Å². The molecule has 134 valence electrons. The fourth-order valence-corrected chi connectivity index (χ4v) is 4.85. The summed E-state index contributed by atoms with van der Waals surface area (Å²) in [6, 6.07) is 7.91. The number of likely N-dealkylation sites (tertiary alicyclic amines) is 1. The highest BCUT2D eigenvalue weighted by molar-refractivity contribution is 7.10. The van der Waals surface area contributed by atoms with Gasteiger partial charge in [0.25, 0.3) is 5.78 Å². The van der Waals surface area contributed by atoms with Gasteiger partial charge < -0.3 is 9.47 Å². The molecule has 0 bridgehead atoms. The SMILES string of the molecule is O=C1C(=O)N(CN2CCC[C@H]2c2cccs2)c2cc3c(cc21)OCCO3. The molecular formula is C19H18N2O4S. The third-order valence-electron chi connectivity index (χ3n) is 5.19. The Bertz CT molecular complexity index is 880. The summed E-state index contributed by atoms with van der Waals surface area (Å²) < 4.78 is 11.2. The molecule has 5 rings (SSSR count). The van der Waals surface area contributed by atoms with E-state index in [9.17, 15) is 9.59 Å². The minimum atomic E-state index is -0.473. The van der Waals surface area contributed by atoms with Crippen LogP contribution in [0.5, 0.6) is 11.5 Å². The van der Waals surface area contributed by atoms with Crippen molar-refractivity contribution >= 4 is 28.7 Å². The Balaban J connectivity index is 1.47. The molecule has 0 unspecified atom stereocenters. The number of fused-ring (bicyclic) bond motifs is 2. The van der Waals surface area contributed by atoms with E-state index in [1.54, 1.807) is 28.4 Å². The summed E-state index contributed by atoms with van der Waals surface area (Å²) >= 11 is 1.74. The third-order valence-corrected chi connectivity index (χ3v) is 6.17. The van der Waals surface area contributed by atoms with Crippen LogP contribution < -0.4 is 14.4 Å². The highest BCUT2D eigenvalue weighted by atomic mass is 32.1. The first kappa shape index (κ1) is 15.8. The van der Waals surface area contributed by atoms with Crippen LogP contribution in [0.1, 0.15) is 34.1 Å². The second-order valence-corrected chi connectivity index (χ2v) is 7.68. The van der Waals surface area contributed by atoms with Crippen LogP contribution in [0.2, 0.25) is 0 Å². The average molecular weight is 370 g/mol. The van der Waals surface area contributed by atoms with Crippen LogP contribution in [0.15, 0.2) is 29.6 Å². The van der Waals surface area contributed by atoms with Gasteiger partial charge in [0.15, 0.2) is 11.5 Å². The number of carbonyl (C=O) groups is 2. The number of benzene rings is 1. The summed E-state index contributed by atoms with van der Waals surface area (Å²) in [6.45, 7) is 2.26. The maximum absolute atomic E-state index is 12.6. The van der Waals surface area contributed by atoms with E-state index in [2.05, 4.69) is 22.4 Å². The van der Waals surface area contributed by atoms with Crippen LogP contribution in [-0.2, 0) is 4.79 Å². The molecule has 0 aliphatic carbocycles. The number of rotatable bonds is 3. The van der Waals surface area contributed by atoms with Gasteiger partial charge in [0, 0.05) is 23.5 Å². The van der Waals surface area contributed by atoms with Gasteiger partial charge in [-0.05, 0) is 30.4 Å². The summed E-state index contributed by atoms with van der Waals surface area (Å²) in [5.74, 6) is 0.192. The number of ether oxygens (including phenoxy) is 2. The van der Waals surface area contributed by atoms with E-state index >= 15 is 0 Å². The van der Waals surface area contributed by atoms with Gasteiger partial charge in [-0.15, -0.1) is 11.3 Å².